The van der Waals surface area contributed by atoms with Crippen molar-refractivity contribution in [3.63, 3.8) is 0 Å². The average molecular weight is 488 g/mol. The molecule has 9 heteroatoms. The van der Waals surface area contributed by atoms with Gasteiger partial charge in [0.25, 0.3) is 0 Å². The molecule has 5 heterocycles. The van der Waals surface area contributed by atoms with Crippen LogP contribution in [0.1, 0.15) is 20.3 Å². The highest BCUT2D eigenvalue weighted by atomic mass is 15.1. The van der Waals surface area contributed by atoms with Crippen molar-refractivity contribution in [2.75, 3.05) is 0 Å². The van der Waals surface area contributed by atoms with Crippen LogP contribution in [0.3, 0.4) is 0 Å². The molecule has 0 spiro atoms. The number of nitrogens with two attached hydrogens (primary N) is 1. The fraction of sp³-hybridized carbons (Fsp3) is 0.143. The second kappa shape index (κ2) is 9.27. The maximum Gasteiger partial charge on any atom is 0.159 e. The Kier molecular flexibility index (Phi) is 5.65. The molecule has 0 aliphatic heterocycles. The van der Waals surface area contributed by atoms with Gasteiger partial charge >= 0.3 is 0 Å². The lowest BCUT2D eigenvalue weighted by Crippen LogP contribution is -2.13. The molecule has 4 N–H and O–H groups in total. The van der Waals surface area contributed by atoms with E-state index in [9.17, 15) is 0 Å². The summed E-state index contributed by atoms with van der Waals surface area (Å²) in [5.41, 5.74) is 13.9. The summed E-state index contributed by atoms with van der Waals surface area (Å²) >= 11 is 0. The molecule has 9 nitrogen and oxygen atoms in total. The highest BCUT2D eigenvalue weighted by Gasteiger charge is 2.16. The van der Waals surface area contributed by atoms with Gasteiger partial charge in [0.1, 0.15) is 11.2 Å². The molecule has 0 saturated heterocycles. The molecule has 0 aliphatic carbocycles. The molecule has 6 aromatic rings. The first-order valence-corrected chi connectivity index (χ1v) is 12.1. The summed E-state index contributed by atoms with van der Waals surface area (Å²) in [5.74, 6) is 1.71. The van der Waals surface area contributed by atoms with E-state index < -0.39 is 0 Å². The molecule has 0 aliphatic rings. The van der Waals surface area contributed by atoms with Gasteiger partial charge in [0, 0.05) is 53.3 Å². The molecule has 0 saturated carbocycles. The fourth-order valence-corrected chi connectivity index (χ4v) is 4.43. The van der Waals surface area contributed by atoms with Crippen LogP contribution in [0.15, 0.2) is 78.6 Å². The predicted molar refractivity (Wildman–Crippen MR) is 146 cm³/mol. The van der Waals surface area contributed by atoms with Crippen molar-refractivity contribution in [2.24, 2.45) is 16.6 Å². The number of aromatic nitrogens is 7. The first-order valence-electron chi connectivity index (χ1n) is 12.1. The van der Waals surface area contributed by atoms with Crippen molar-refractivity contribution in [3.8, 4) is 33.8 Å². The lowest BCUT2D eigenvalue weighted by atomic mass is 10.0. The second-order valence-corrected chi connectivity index (χ2v) is 9.38. The maximum atomic E-state index is 6.11. The molecule has 6 rings (SSSR count). The zero-order chi connectivity index (χ0) is 25.4. The van der Waals surface area contributed by atoms with E-state index in [-0.39, 0.29) is 0 Å². The molecule has 1 aromatic carbocycles. The number of benzene rings is 1. The van der Waals surface area contributed by atoms with Crippen LogP contribution in [-0.2, 0) is 0 Å². The van der Waals surface area contributed by atoms with Crippen molar-refractivity contribution in [1.29, 1.82) is 0 Å². The van der Waals surface area contributed by atoms with Crippen LogP contribution in [0.5, 0.6) is 0 Å². The summed E-state index contributed by atoms with van der Waals surface area (Å²) in [5, 5.41) is 8.64. The van der Waals surface area contributed by atoms with Gasteiger partial charge in [-0.15, -0.1) is 0 Å². The molecule has 182 valence electrons. The normalized spacial score (nSPS) is 12.1. The number of hydrogen-bond acceptors (Lipinski definition) is 6. The predicted octanol–water partition coefficient (Wildman–Crippen LogP) is 5.66. The van der Waals surface area contributed by atoms with Gasteiger partial charge in [0.05, 0.1) is 35.0 Å². The maximum absolute atomic E-state index is 6.11. The molecule has 0 bridgehead atoms. The van der Waals surface area contributed by atoms with Crippen molar-refractivity contribution < 1.29 is 0 Å². The second-order valence-electron chi connectivity index (χ2n) is 9.38. The Bertz CT molecular complexity index is 1750. The number of amidine groups is 1. The molecular formula is C28H25N9. The van der Waals surface area contributed by atoms with Gasteiger partial charge < -0.3 is 10.7 Å². The molecule has 5 aromatic heterocycles. The van der Waals surface area contributed by atoms with Crippen LogP contribution in [0.25, 0.3) is 55.7 Å². The van der Waals surface area contributed by atoms with Crippen molar-refractivity contribution in [3.05, 3.63) is 73.6 Å². The Morgan fingerprint density at radius 3 is 2.62 bits per heavy atom. The van der Waals surface area contributed by atoms with Crippen LogP contribution >= 0.6 is 0 Å². The molecular weight excluding hydrogens is 462 g/mol. The van der Waals surface area contributed by atoms with E-state index in [0.29, 0.717) is 17.6 Å². The van der Waals surface area contributed by atoms with Gasteiger partial charge in [0.15, 0.2) is 5.82 Å². The number of pyridine rings is 3. The molecule has 37 heavy (non-hydrogen) atoms. The zero-order valence-corrected chi connectivity index (χ0v) is 20.5. The number of hydrogen-bond donors (Lipinski definition) is 3. The third-order valence-corrected chi connectivity index (χ3v) is 6.10. The van der Waals surface area contributed by atoms with Crippen LogP contribution in [0, 0.1) is 5.92 Å². The highest BCUT2D eigenvalue weighted by Crippen LogP contribution is 2.33. The fourth-order valence-electron chi connectivity index (χ4n) is 4.43. The van der Waals surface area contributed by atoms with Crippen molar-refractivity contribution in [2.45, 2.75) is 20.3 Å². The quantitative estimate of drug-likeness (QED) is 0.205. The summed E-state index contributed by atoms with van der Waals surface area (Å²) in [6.45, 7) is 4.24. The Hall–Kier alpha value is -4.92. The van der Waals surface area contributed by atoms with E-state index in [1.807, 2.05) is 42.7 Å². The Morgan fingerprint density at radius 1 is 0.919 bits per heavy atom. The summed E-state index contributed by atoms with van der Waals surface area (Å²) in [6.07, 6.45) is 11.4. The number of nitrogens with zero attached hydrogens (tertiary/aromatic N) is 6. The topological polar surface area (TPSA) is 134 Å². The van der Waals surface area contributed by atoms with Crippen molar-refractivity contribution >= 4 is 33.5 Å². The Morgan fingerprint density at radius 2 is 1.78 bits per heavy atom. The van der Waals surface area contributed by atoms with Gasteiger partial charge in [0.2, 0.25) is 0 Å². The van der Waals surface area contributed by atoms with Crippen LogP contribution in [0.2, 0.25) is 0 Å². The standard InChI is InChI=1S/C28H25N9/c1-16(2)8-25(29)33-20-9-19(12-31-13-20)17-5-6-23-21(10-17)27(37-36-23)28-34-24-15-32-14-22(26(24)35-28)18-4-3-7-30-11-18/h3-7,9-16H,8H2,1-2H3,(H2,29,33)(H,34,35)(H,36,37). The monoisotopic (exact) mass is 487 g/mol. The van der Waals surface area contributed by atoms with Gasteiger partial charge in [-0.2, -0.15) is 5.10 Å². The number of H-pyrrole nitrogens is 2. The van der Waals surface area contributed by atoms with Gasteiger partial charge in [-0.3, -0.25) is 20.1 Å². The number of nitrogens with one attached hydrogen (secondary N) is 2. The zero-order valence-electron chi connectivity index (χ0n) is 20.5. The van der Waals surface area contributed by atoms with E-state index in [4.69, 9.17) is 10.7 Å². The Labute approximate surface area is 213 Å². The van der Waals surface area contributed by atoms with Gasteiger partial charge in [-0.05, 0) is 35.7 Å². The summed E-state index contributed by atoms with van der Waals surface area (Å²) in [7, 11) is 0. The third-order valence-electron chi connectivity index (χ3n) is 6.10. The molecule has 0 amide bonds. The average Bonchev–Trinajstić information content (AvgIpc) is 3.52. The largest absolute Gasteiger partial charge is 0.387 e. The molecule has 0 radical (unpaired) electrons. The van der Waals surface area contributed by atoms with E-state index in [2.05, 4.69) is 55.0 Å². The van der Waals surface area contributed by atoms with E-state index in [1.54, 1.807) is 24.8 Å². The minimum atomic E-state index is 0.441. The lowest BCUT2D eigenvalue weighted by molar-refractivity contribution is 0.681. The minimum absolute atomic E-state index is 0.441. The molecule has 0 fully saturated rings. The molecule has 0 atom stereocenters. The first-order chi connectivity index (χ1) is 18.0. The van der Waals surface area contributed by atoms with Crippen LogP contribution in [-0.4, -0.2) is 41.0 Å². The highest BCUT2D eigenvalue weighted by molar-refractivity contribution is 5.98. The minimum Gasteiger partial charge on any atom is -0.387 e. The summed E-state index contributed by atoms with van der Waals surface area (Å²) in [4.78, 5) is 25.9. The Balaban J connectivity index is 1.41. The van der Waals surface area contributed by atoms with Crippen LogP contribution < -0.4 is 5.73 Å². The smallest absolute Gasteiger partial charge is 0.159 e. The van der Waals surface area contributed by atoms with E-state index in [1.165, 1.54) is 0 Å². The van der Waals surface area contributed by atoms with E-state index in [0.717, 1.165) is 62.0 Å². The van der Waals surface area contributed by atoms with Crippen molar-refractivity contribution in [1.82, 2.24) is 35.1 Å². The third kappa shape index (κ3) is 4.42. The number of fused-ring (bicyclic) bond motifs is 2. The van der Waals surface area contributed by atoms with E-state index >= 15 is 0 Å². The number of imidazole rings is 1. The summed E-state index contributed by atoms with van der Waals surface area (Å²) < 4.78 is 0. The van der Waals surface area contributed by atoms with Gasteiger partial charge in [-0.25, -0.2) is 9.98 Å². The SMILES string of the molecule is CC(C)CC(N)=Nc1cncc(-c2ccc3[nH]nc(-c4nc5c(-c6cccnc6)cncc5[nH]4)c3c2)c1. The summed E-state index contributed by atoms with van der Waals surface area (Å²) in [6, 6.07) is 12.0. The van der Waals surface area contributed by atoms with Crippen LogP contribution in [0.4, 0.5) is 5.69 Å². The van der Waals surface area contributed by atoms with Gasteiger partial charge in [-0.1, -0.05) is 26.0 Å². The lowest BCUT2D eigenvalue weighted by Gasteiger charge is -2.06. The number of aliphatic imine (C=N–C) groups is 1. The first kappa shape index (κ1) is 22.5. The number of rotatable bonds is 6. The number of aromatic amines is 2. The molecule has 0 unspecified atom stereocenters.